The minimum atomic E-state index is -0.826. The third-order valence-electron chi connectivity index (χ3n) is 3.38. The van der Waals surface area contributed by atoms with Gasteiger partial charge < -0.3 is 15.7 Å². The highest BCUT2D eigenvalue weighted by atomic mass is 19.2. The highest BCUT2D eigenvalue weighted by molar-refractivity contribution is 5.47. The maximum absolute atomic E-state index is 13.2. The molecule has 1 heterocycles. The number of anilines is 1. The average molecular weight is 271 g/mol. The highest BCUT2D eigenvalue weighted by Crippen LogP contribution is 2.19. The Kier molecular flexibility index (Phi) is 4.68. The molecule has 3 N–H and O–H groups in total. The van der Waals surface area contributed by atoms with Crippen molar-refractivity contribution < 1.29 is 13.9 Å². The molecule has 1 aromatic rings. The van der Waals surface area contributed by atoms with Gasteiger partial charge in [-0.05, 0) is 12.1 Å². The van der Waals surface area contributed by atoms with Gasteiger partial charge in [0.2, 0.25) is 0 Å². The standard InChI is InChI=1S/C13H19F2N3O/c14-12-2-1-10(7-13(12)15)18-5-3-17(4-6-18)9-11(19)8-16/h1-2,7,11,19H,3-6,8-9,16H2. The van der Waals surface area contributed by atoms with Crippen LogP contribution < -0.4 is 10.6 Å². The van der Waals surface area contributed by atoms with Crippen LogP contribution in [0.25, 0.3) is 0 Å². The van der Waals surface area contributed by atoms with Crippen LogP contribution in [-0.4, -0.2) is 55.4 Å². The van der Waals surface area contributed by atoms with Gasteiger partial charge in [0.25, 0.3) is 0 Å². The van der Waals surface area contributed by atoms with Crippen molar-refractivity contribution in [2.45, 2.75) is 6.10 Å². The monoisotopic (exact) mass is 271 g/mol. The summed E-state index contributed by atoms with van der Waals surface area (Å²) in [6, 6.07) is 3.96. The first-order chi connectivity index (χ1) is 9.10. The molecular formula is C13H19F2N3O. The van der Waals surface area contributed by atoms with Crippen LogP contribution in [0, 0.1) is 11.6 Å². The third-order valence-corrected chi connectivity index (χ3v) is 3.38. The zero-order valence-corrected chi connectivity index (χ0v) is 10.7. The molecule has 1 saturated heterocycles. The normalized spacial score (nSPS) is 18.6. The molecule has 1 unspecified atom stereocenters. The number of halogens is 2. The summed E-state index contributed by atoms with van der Waals surface area (Å²) in [5.41, 5.74) is 6.07. The molecule has 1 fully saturated rings. The maximum atomic E-state index is 13.2. The molecule has 4 nitrogen and oxygen atoms in total. The van der Waals surface area contributed by atoms with Crippen molar-refractivity contribution in [2.24, 2.45) is 5.73 Å². The molecule has 0 aliphatic carbocycles. The molecule has 1 aliphatic heterocycles. The first kappa shape index (κ1) is 14.2. The molecule has 0 spiro atoms. The number of aliphatic hydroxyl groups is 1. The van der Waals surface area contributed by atoms with E-state index in [2.05, 4.69) is 4.90 Å². The van der Waals surface area contributed by atoms with E-state index in [1.165, 1.54) is 6.07 Å². The lowest BCUT2D eigenvalue weighted by Gasteiger charge is -2.36. The summed E-state index contributed by atoms with van der Waals surface area (Å²) < 4.78 is 26.0. The first-order valence-electron chi connectivity index (χ1n) is 6.40. The molecule has 6 heteroatoms. The lowest BCUT2D eigenvalue weighted by molar-refractivity contribution is 0.115. The summed E-state index contributed by atoms with van der Waals surface area (Å²) in [6.07, 6.45) is -0.505. The molecule has 19 heavy (non-hydrogen) atoms. The predicted molar refractivity (Wildman–Crippen MR) is 70.1 cm³/mol. The van der Waals surface area contributed by atoms with E-state index in [-0.39, 0.29) is 6.54 Å². The lowest BCUT2D eigenvalue weighted by Crippen LogP contribution is -2.49. The predicted octanol–water partition coefficient (Wildman–Crippen LogP) is 0.406. The van der Waals surface area contributed by atoms with Gasteiger partial charge >= 0.3 is 0 Å². The molecule has 0 radical (unpaired) electrons. The Morgan fingerprint density at radius 3 is 2.42 bits per heavy atom. The van der Waals surface area contributed by atoms with Crippen molar-refractivity contribution in [3.05, 3.63) is 29.8 Å². The van der Waals surface area contributed by atoms with Crippen LogP contribution in [0.3, 0.4) is 0 Å². The maximum Gasteiger partial charge on any atom is 0.160 e. The largest absolute Gasteiger partial charge is 0.390 e. The molecule has 106 valence electrons. The zero-order valence-electron chi connectivity index (χ0n) is 10.7. The summed E-state index contributed by atoms with van der Waals surface area (Å²) in [4.78, 5) is 4.13. The van der Waals surface area contributed by atoms with Gasteiger partial charge in [0.15, 0.2) is 11.6 Å². The van der Waals surface area contributed by atoms with Crippen molar-refractivity contribution in [1.82, 2.24) is 4.90 Å². The Balaban J connectivity index is 1.90. The number of rotatable bonds is 4. The van der Waals surface area contributed by atoms with Gasteiger partial charge in [-0.2, -0.15) is 0 Å². The number of hydrogen-bond acceptors (Lipinski definition) is 4. The number of β-amino-alcohol motifs (C(OH)–C–C–N with tert-alkyl or cyclic N) is 1. The quantitative estimate of drug-likeness (QED) is 0.832. The third kappa shape index (κ3) is 3.62. The molecule has 1 atom stereocenters. The number of piperazine rings is 1. The Hall–Kier alpha value is -1.24. The molecule has 1 aromatic carbocycles. The van der Waals surface area contributed by atoms with E-state index in [1.54, 1.807) is 6.07 Å². The lowest BCUT2D eigenvalue weighted by atomic mass is 10.2. The SMILES string of the molecule is NCC(O)CN1CCN(c2ccc(F)c(F)c2)CC1. The van der Waals surface area contributed by atoms with Gasteiger partial charge in [-0.15, -0.1) is 0 Å². The minimum absolute atomic E-state index is 0.253. The smallest absolute Gasteiger partial charge is 0.160 e. The fraction of sp³-hybridized carbons (Fsp3) is 0.538. The Labute approximate surface area is 111 Å². The molecular weight excluding hydrogens is 252 g/mol. The molecule has 0 aromatic heterocycles. The summed E-state index contributed by atoms with van der Waals surface area (Å²) in [6.45, 7) is 3.81. The molecule has 0 saturated carbocycles. The Morgan fingerprint density at radius 2 is 1.84 bits per heavy atom. The van der Waals surface area contributed by atoms with Crippen molar-refractivity contribution in [1.29, 1.82) is 0 Å². The average Bonchev–Trinajstić information content (AvgIpc) is 2.42. The van der Waals surface area contributed by atoms with Crippen LogP contribution in [0.15, 0.2) is 18.2 Å². The van der Waals surface area contributed by atoms with Crippen LogP contribution >= 0.6 is 0 Å². The van der Waals surface area contributed by atoms with Crippen LogP contribution in [0.2, 0.25) is 0 Å². The second-order valence-corrected chi connectivity index (χ2v) is 4.78. The van der Waals surface area contributed by atoms with E-state index in [4.69, 9.17) is 5.73 Å². The van der Waals surface area contributed by atoms with E-state index >= 15 is 0 Å². The van der Waals surface area contributed by atoms with Gasteiger partial charge in [-0.25, -0.2) is 8.78 Å². The van der Waals surface area contributed by atoms with E-state index in [9.17, 15) is 13.9 Å². The van der Waals surface area contributed by atoms with Gasteiger partial charge in [0.1, 0.15) is 0 Å². The summed E-state index contributed by atoms with van der Waals surface area (Å²) in [5.74, 6) is -1.65. The summed E-state index contributed by atoms with van der Waals surface area (Å²) in [5, 5.41) is 9.49. The highest BCUT2D eigenvalue weighted by Gasteiger charge is 2.19. The minimum Gasteiger partial charge on any atom is -0.390 e. The number of aliphatic hydroxyl groups excluding tert-OH is 1. The second-order valence-electron chi connectivity index (χ2n) is 4.78. The summed E-state index contributed by atoms with van der Waals surface area (Å²) in [7, 11) is 0. The zero-order chi connectivity index (χ0) is 13.8. The van der Waals surface area contributed by atoms with Gasteiger partial charge in [0, 0.05) is 51.0 Å². The number of benzene rings is 1. The van der Waals surface area contributed by atoms with Gasteiger partial charge in [-0.3, -0.25) is 4.90 Å². The number of nitrogens with two attached hydrogens (primary N) is 1. The Morgan fingerprint density at radius 1 is 1.16 bits per heavy atom. The van der Waals surface area contributed by atoms with Gasteiger partial charge in [-0.1, -0.05) is 0 Å². The molecule has 1 aliphatic rings. The van der Waals surface area contributed by atoms with E-state index in [0.29, 0.717) is 12.2 Å². The van der Waals surface area contributed by atoms with Crippen molar-refractivity contribution >= 4 is 5.69 Å². The van der Waals surface area contributed by atoms with E-state index in [1.807, 2.05) is 4.90 Å². The van der Waals surface area contributed by atoms with E-state index < -0.39 is 17.7 Å². The Bertz CT molecular complexity index is 422. The van der Waals surface area contributed by atoms with Gasteiger partial charge in [0.05, 0.1) is 6.10 Å². The second kappa shape index (κ2) is 6.27. The molecule has 2 rings (SSSR count). The van der Waals surface area contributed by atoms with Crippen LogP contribution in [0.5, 0.6) is 0 Å². The van der Waals surface area contributed by atoms with Crippen LogP contribution in [0.1, 0.15) is 0 Å². The van der Waals surface area contributed by atoms with Crippen molar-refractivity contribution in [3.8, 4) is 0 Å². The molecule has 0 amide bonds. The topological polar surface area (TPSA) is 52.7 Å². The van der Waals surface area contributed by atoms with E-state index in [0.717, 1.165) is 32.2 Å². The number of nitrogens with zero attached hydrogens (tertiary/aromatic N) is 2. The number of hydrogen-bond donors (Lipinski definition) is 2. The van der Waals surface area contributed by atoms with Crippen molar-refractivity contribution in [3.63, 3.8) is 0 Å². The van der Waals surface area contributed by atoms with Crippen LogP contribution in [0.4, 0.5) is 14.5 Å². The molecule has 0 bridgehead atoms. The fourth-order valence-electron chi connectivity index (χ4n) is 2.24. The first-order valence-corrected chi connectivity index (χ1v) is 6.40. The van der Waals surface area contributed by atoms with Crippen LogP contribution in [-0.2, 0) is 0 Å². The fourth-order valence-corrected chi connectivity index (χ4v) is 2.24. The van der Waals surface area contributed by atoms with Crippen molar-refractivity contribution in [2.75, 3.05) is 44.2 Å². The summed E-state index contributed by atoms with van der Waals surface area (Å²) >= 11 is 0.